The van der Waals surface area contributed by atoms with Gasteiger partial charge in [0.05, 0.1) is 6.04 Å². The Labute approximate surface area is 115 Å². The molecule has 1 N–H and O–H groups in total. The standard InChI is InChI=1S/C18H21N/c1-13(2)16-9-8-14-10-11-19-18(17(14)12-16)15-6-4-3-5-7-15/h3-9,12-13,18-19H,10-11H2,1-2H3. The minimum atomic E-state index is 0.351. The summed E-state index contributed by atoms with van der Waals surface area (Å²) < 4.78 is 0. The monoisotopic (exact) mass is 251 g/mol. The number of hydrogen-bond donors (Lipinski definition) is 1. The van der Waals surface area contributed by atoms with Gasteiger partial charge in [0.1, 0.15) is 0 Å². The van der Waals surface area contributed by atoms with Crippen LogP contribution in [-0.4, -0.2) is 6.54 Å². The van der Waals surface area contributed by atoms with Crippen LogP contribution in [-0.2, 0) is 6.42 Å². The Morgan fingerprint density at radius 1 is 1.05 bits per heavy atom. The molecule has 1 heteroatoms. The molecule has 0 saturated carbocycles. The van der Waals surface area contributed by atoms with Gasteiger partial charge >= 0.3 is 0 Å². The summed E-state index contributed by atoms with van der Waals surface area (Å²) in [4.78, 5) is 0. The molecule has 0 amide bonds. The smallest absolute Gasteiger partial charge is 0.0579 e. The summed E-state index contributed by atoms with van der Waals surface area (Å²) in [5.41, 5.74) is 5.76. The molecule has 19 heavy (non-hydrogen) atoms. The molecule has 1 heterocycles. The second-order valence-electron chi connectivity index (χ2n) is 5.66. The molecule has 2 aromatic carbocycles. The molecule has 1 aliphatic heterocycles. The van der Waals surface area contributed by atoms with Crippen molar-refractivity contribution in [2.45, 2.75) is 32.2 Å². The van der Waals surface area contributed by atoms with Gasteiger partial charge in [-0.2, -0.15) is 0 Å². The van der Waals surface area contributed by atoms with Crippen molar-refractivity contribution in [3.8, 4) is 0 Å². The summed E-state index contributed by atoms with van der Waals surface area (Å²) in [7, 11) is 0. The Balaban J connectivity index is 2.05. The fourth-order valence-corrected chi connectivity index (χ4v) is 2.87. The lowest BCUT2D eigenvalue weighted by Crippen LogP contribution is -2.30. The Bertz CT molecular complexity index is 557. The quantitative estimate of drug-likeness (QED) is 0.849. The molecule has 1 nitrogen and oxygen atoms in total. The lowest BCUT2D eigenvalue weighted by Gasteiger charge is -2.28. The maximum absolute atomic E-state index is 3.66. The first-order valence-corrected chi connectivity index (χ1v) is 7.17. The van der Waals surface area contributed by atoms with Crippen molar-refractivity contribution in [3.63, 3.8) is 0 Å². The van der Waals surface area contributed by atoms with Crippen LogP contribution in [0.15, 0.2) is 48.5 Å². The molecule has 2 aromatic rings. The molecular formula is C18H21N. The van der Waals surface area contributed by atoms with Crippen molar-refractivity contribution < 1.29 is 0 Å². The van der Waals surface area contributed by atoms with E-state index in [4.69, 9.17) is 0 Å². The minimum absolute atomic E-state index is 0.351. The number of nitrogens with one attached hydrogen (secondary N) is 1. The van der Waals surface area contributed by atoms with Crippen LogP contribution in [0.5, 0.6) is 0 Å². The molecule has 0 aromatic heterocycles. The largest absolute Gasteiger partial charge is 0.306 e. The normalized spacial score (nSPS) is 18.4. The molecule has 0 bridgehead atoms. The van der Waals surface area contributed by atoms with Crippen molar-refractivity contribution in [1.82, 2.24) is 5.32 Å². The molecule has 98 valence electrons. The Kier molecular flexibility index (Phi) is 3.39. The van der Waals surface area contributed by atoms with Gasteiger partial charge in [0.2, 0.25) is 0 Å². The molecular weight excluding hydrogens is 230 g/mol. The van der Waals surface area contributed by atoms with Gasteiger partial charge in [0.25, 0.3) is 0 Å². The molecule has 1 aliphatic rings. The van der Waals surface area contributed by atoms with Crippen LogP contribution in [0.4, 0.5) is 0 Å². The first-order chi connectivity index (χ1) is 9.25. The highest BCUT2D eigenvalue weighted by Crippen LogP contribution is 2.31. The van der Waals surface area contributed by atoms with E-state index in [0.717, 1.165) is 13.0 Å². The highest BCUT2D eigenvalue weighted by molar-refractivity contribution is 5.42. The van der Waals surface area contributed by atoms with Crippen molar-refractivity contribution in [2.75, 3.05) is 6.54 Å². The highest BCUT2D eigenvalue weighted by Gasteiger charge is 2.21. The van der Waals surface area contributed by atoms with Gasteiger partial charge in [0.15, 0.2) is 0 Å². The average molecular weight is 251 g/mol. The Morgan fingerprint density at radius 2 is 1.84 bits per heavy atom. The summed E-state index contributed by atoms with van der Waals surface area (Å²) in [6.45, 7) is 5.58. The second-order valence-corrected chi connectivity index (χ2v) is 5.66. The van der Waals surface area contributed by atoms with Gasteiger partial charge in [-0.25, -0.2) is 0 Å². The van der Waals surface area contributed by atoms with E-state index in [0.29, 0.717) is 12.0 Å². The second kappa shape index (κ2) is 5.18. The molecule has 3 rings (SSSR count). The lowest BCUT2D eigenvalue weighted by atomic mass is 9.87. The molecule has 0 spiro atoms. The Morgan fingerprint density at radius 3 is 2.58 bits per heavy atom. The molecule has 0 radical (unpaired) electrons. The number of hydrogen-bond acceptors (Lipinski definition) is 1. The summed E-state index contributed by atoms with van der Waals surface area (Å²) in [6.07, 6.45) is 1.14. The third-order valence-electron chi connectivity index (χ3n) is 4.02. The summed E-state index contributed by atoms with van der Waals surface area (Å²) in [5.74, 6) is 0.587. The number of benzene rings is 2. The van der Waals surface area contributed by atoms with Crippen LogP contribution < -0.4 is 5.32 Å². The summed E-state index contributed by atoms with van der Waals surface area (Å²) in [6, 6.07) is 18.1. The van der Waals surface area contributed by atoms with Crippen LogP contribution in [0.3, 0.4) is 0 Å². The van der Waals surface area contributed by atoms with Crippen LogP contribution in [0.2, 0.25) is 0 Å². The van der Waals surface area contributed by atoms with Crippen LogP contribution in [0, 0.1) is 0 Å². The predicted molar refractivity (Wildman–Crippen MR) is 80.5 cm³/mol. The number of fused-ring (bicyclic) bond motifs is 1. The SMILES string of the molecule is CC(C)c1ccc2c(c1)C(c1ccccc1)NCC2. The van der Waals surface area contributed by atoms with E-state index in [1.54, 1.807) is 0 Å². The highest BCUT2D eigenvalue weighted by atomic mass is 14.9. The van der Waals surface area contributed by atoms with E-state index in [9.17, 15) is 0 Å². The molecule has 0 saturated heterocycles. The van der Waals surface area contributed by atoms with E-state index >= 15 is 0 Å². The summed E-state index contributed by atoms with van der Waals surface area (Å²) >= 11 is 0. The molecule has 0 fully saturated rings. The Hall–Kier alpha value is -1.60. The van der Waals surface area contributed by atoms with Gasteiger partial charge in [-0.1, -0.05) is 62.4 Å². The van der Waals surface area contributed by atoms with Crippen molar-refractivity contribution >= 4 is 0 Å². The lowest BCUT2D eigenvalue weighted by molar-refractivity contribution is 0.566. The zero-order chi connectivity index (χ0) is 13.2. The van der Waals surface area contributed by atoms with Crippen molar-refractivity contribution in [2.24, 2.45) is 0 Å². The van der Waals surface area contributed by atoms with E-state index in [1.165, 1.54) is 22.3 Å². The predicted octanol–water partition coefficient (Wildman–Crippen LogP) is 4.05. The van der Waals surface area contributed by atoms with Gasteiger partial charge in [-0.3, -0.25) is 0 Å². The van der Waals surface area contributed by atoms with E-state index in [1.807, 2.05) is 0 Å². The zero-order valence-electron chi connectivity index (χ0n) is 11.7. The van der Waals surface area contributed by atoms with Crippen LogP contribution >= 0.6 is 0 Å². The van der Waals surface area contributed by atoms with Gasteiger partial charge in [0, 0.05) is 6.54 Å². The fourth-order valence-electron chi connectivity index (χ4n) is 2.87. The third-order valence-corrected chi connectivity index (χ3v) is 4.02. The van der Waals surface area contributed by atoms with Gasteiger partial charge < -0.3 is 5.32 Å². The topological polar surface area (TPSA) is 12.0 Å². The number of rotatable bonds is 2. The van der Waals surface area contributed by atoms with Crippen molar-refractivity contribution in [1.29, 1.82) is 0 Å². The summed E-state index contributed by atoms with van der Waals surface area (Å²) in [5, 5.41) is 3.66. The minimum Gasteiger partial charge on any atom is -0.306 e. The molecule has 0 aliphatic carbocycles. The van der Waals surface area contributed by atoms with Gasteiger partial charge in [-0.05, 0) is 34.6 Å². The molecule has 1 unspecified atom stereocenters. The van der Waals surface area contributed by atoms with Gasteiger partial charge in [-0.15, -0.1) is 0 Å². The van der Waals surface area contributed by atoms with Crippen LogP contribution in [0.25, 0.3) is 0 Å². The van der Waals surface area contributed by atoms with E-state index in [2.05, 4.69) is 67.7 Å². The van der Waals surface area contributed by atoms with E-state index in [-0.39, 0.29) is 0 Å². The molecule has 1 atom stereocenters. The zero-order valence-corrected chi connectivity index (χ0v) is 11.7. The average Bonchev–Trinajstić information content (AvgIpc) is 2.47. The maximum Gasteiger partial charge on any atom is 0.0579 e. The van der Waals surface area contributed by atoms with Crippen molar-refractivity contribution in [3.05, 3.63) is 70.8 Å². The van der Waals surface area contributed by atoms with Crippen LogP contribution in [0.1, 0.15) is 48.1 Å². The third kappa shape index (κ3) is 2.43. The first kappa shape index (κ1) is 12.4. The fraction of sp³-hybridized carbons (Fsp3) is 0.333. The van der Waals surface area contributed by atoms with E-state index < -0.39 is 0 Å². The maximum atomic E-state index is 3.66. The first-order valence-electron chi connectivity index (χ1n) is 7.17.